The second-order valence-corrected chi connectivity index (χ2v) is 4.91. The van der Waals surface area contributed by atoms with E-state index in [4.69, 9.17) is 5.73 Å². The average molecular weight is 304 g/mol. The largest absolute Gasteiger partial charge is 0.397 e. The first-order chi connectivity index (χ1) is 10.4. The molecular formula is C14H18N5O3+. The monoisotopic (exact) mass is 304 g/mol. The van der Waals surface area contributed by atoms with Gasteiger partial charge < -0.3 is 11.1 Å². The van der Waals surface area contributed by atoms with Crippen LogP contribution in [-0.4, -0.2) is 21.6 Å². The highest BCUT2D eigenvalue weighted by atomic mass is 16.5. The molecule has 0 aliphatic carbocycles. The van der Waals surface area contributed by atoms with E-state index in [0.717, 1.165) is 0 Å². The lowest BCUT2D eigenvalue weighted by molar-refractivity contribution is -0.671. The van der Waals surface area contributed by atoms with Gasteiger partial charge in [-0.05, 0) is 18.2 Å². The van der Waals surface area contributed by atoms with Crippen molar-refractivity contribution in [2.24, 2.45) is 7.05 Å². The summed E-state index contributed by atoms with van der Waals surface area (Å²) in [6, 6.07) is 4.50. The third-order valence-corrected chi connectivity index (χ3v) is 2.95. The second-order valence-electron chi connectivity index (χ2n) is 4.91. The lowest BCUT2D eigenvalue weighted by atomic mass is 10.2. The molecule has 0 fully saturated rings. The molecule has 0 radical (unpaired) electrons. The normalized spacial score (nSPS) is 10.3. The number of nitrogens with one attached hydrogen (secondary N) is 1. The lowest BCUT2D eigenvalue weighted by Gasteiger charge is -2.16. The molecule has 116 valence electrons. The van der Waals surface area contributed by atoms with Crippen LogP contribution in [0.25, 0.3) is 0 Å². The number of nitrogens with two attached hydrogens (primary N) is 1. The highest BCUT2D eigenvalue weighted by Crippen LogP contribution is 2.25. The Morgan fingerprint density at radius 1 is 1.45 bits per heavy atom. The van der Waals surface area contributed by atoms with E-state index in [2.05, 4.69) is 5.32 Å². The summed E-state index contributed by atoms with van der Waals surface area (Å²) in [7, 11) is 1.83. The number of hydrogen-bond acceptors (Lipinski definition) is 4. The van der Waals surface area contributed by atoms with E-state index in [9.17, 15) is 14.8 Å². The Morgan fingerprint density at radius 2 is 2.18 bits per heavy atom. The van der Waals surface area contributed by atoms with Crippen molar-refractivity contribution in [1.29, 1.82) is 0 Å². The zero-order chi connectivity index (χ0) is 16.3. The third-order valence-electron chi connectivity index (χ3n) is 2.95. The zero-order valence-electron chi connectivity index (χ0n) is 12.4. The highest BCUT2D eigenvalue weighted by Gasteiger charge is 2.19. The van der Waals surface area contributed by atoms with Crippen molar-refractivity contribution in [1.82, 2.24) is 4.57 Å². The van der Waals surface area contributed by atoms with E-state index in [1.807, 2.05) is 7.05 Å². The summed E-state index contributed by atoms with van der Waals surface area (Å²) in [5, 5.41) is 13.1. The molecule has 22 heavy (non-hydrogen) atoms. The molecule has 1 aromatic heterocycles. The topological polar surface area (TPSA) is 104 Å². The van der Waals surface area contributed by atoms with Crippen LogP contribution in [0.3, 0.4) is 0 Å². The Kier molecular flexibility index (Phi) is 4.42. The Morgan fingerprint density at radius 3 is 2.73 bits per heavy atom. The van der Waals surface area contributed by atoms with Crippen LogP contribution < -0.4 is 20.7 Å². The molecule has 8 heteroatoms. The molecular weight excluding hydrogens is 286 g/mol. The van der Waals surface area contributed by atoms with Gasteiger partial charge in [-0.1, -0.05) is 0 Å². The molecule has 0 bridgehead atoms. The minimum Gasteiger partial charge on any atom is -0.397 e. The van der Waals surface area contributed by atoms with Crippen LogP contribution in [0, 0.1) is 0 Å². The van der Waals surface area contributed by atoms with Gasteiger partial charge in [0.25, 0.3) is 5.91 Å². The summed E-state index contributed by atoms with van der Waals surface area (Å²) in [6.45, 7) is 1.35. The Labute approximate surface area is 127 Å². The minimum atomic E-state index is -0.532. The summed E-state index contributed by atoms with van der Waals surface area (Å²) in [5.74, 6) is -0.764. The minimum absolute atomic E-state index is 0.0236. The van der Waals surface area contributed by atoms with Crippen molar-refractivity contribution in [2.45, 2.75) is 13.5 Å². The van der Waals surface area contributed by atoms with Crippen LogP contribution in [0.4, 0.5) is 17.1 Å². The van der Waals surface area contributed by atoms with Gasteiger partial charge in [-0.3, -0.25) is 14.8 Å². The molecule has 1 aromatic carbocycles. The van der Waals surface area contributed by atoms with Gasteiger partial charge in [0.1, 0.15) is 12.4 Å². The van der Waals surface area contributed by atoms with Gasteiger partial charge in [-0.2, -0.15) is 5.06 Å². The number of hydroxylamine groups is 1. The summed E-state index contributed by atoms with van der Waals surface area (Å²) < 4.78 is 3.42. The number of aryl methyl sites for hydroxylation is 1. The molecule has 0 unspecified atom stereocenters. The molecule has 0 aliphatic rings. The van der Waals surface area contributed by atoms with Crippen LogP contribution >= 0.6 is 0 Å². The number of imidazole rings is 1. The highest BCUT2D eigenvalue weighted by molar-refractivity contribution is 5.95. The molecule has 2 aromatic rings. The maximum Gasteiger partial charge on any atom is 0.292 e. The summed E-state index contributed by atoms with van der Waals surface area (Å²) >= 11 is 0. The number of benzene rings is 1. The SMILES string of the molecule is CC(=O)Nc1ccc(N(O)C(=O)Cn2cc[n+](C)c2)c(N)c1. The third kappa shape index (κ3) is 3.61. The van der Waals surface area contributed by atoms with Crippen LogP contribution in [-0.2, 0) is 23.2 Å². The maximum atomic E-state index is 12.1. The van der Waals surface area contributed by atoms with Crippen molar-refractivity contribution in [3.05, 3.63) is 36.9 Å². The van der Waals surface area contributed by atoms with Crippen molar-refractivity contribution >= 4 is 28.9 Å². The fourth-order valence-corrected chi connectivity index (χ4v) is 1.98. The lowest BCUT2D eigenvalue weighted by Crippen LogP contribution is -2.32. The molecule has 0 aliphatic heterocycles. The van der Waals surface area contributed by atoms with Gasteiger partial charge >= 0.3 is 0 Å². The molecule has 1 heterocycles. The number of nitrogens with zero attached hydrogens (tertiary/aromatic N) is 3. The number of anilines is 3. The van der Waals surface area contributed by atoms with Gasteiger partial charge in [0.2, 0.25) is 12.2 Å². The van der Waals surface area contributed by atoms with Gasteiger partial charge in [0.15, 0.2) is 6.54 Å². The van der Waals surface area contributed by atoms with Crippen molar-refractivity contribution < 1.29 is 19.4 Å². The van der Waals surface area contributed by atoms with Gasteiger partial charge in [-0.15, -0.1) is 0 Å². The summed E-state index contributed by atoms with van der Waals surface area (Å²) in [4.78, 5) is 23.0. The first-order valence-corrected chi connectivity index (χ1v) is 6.57. The smallest absolute Gasteiger partial charge is 0.292 e. The fourth-order valence-electron chi connectivity index (χ4n) is 1.98. The van der Waals surface area contributed by atoms with Crippen molar-refractivity contribution in [2.75, 3.05) is 16.1 Å². The molecule has 2 amide bonds. The number of aromatic nitrogens is 2. The molecule has 2 rings (SSSR count). The molecule has 0 spiro atoms. The van der Waals surface area contributed by atoms with Crippen LogP contribution in [0.5, 0.6) is 0 Å². The summed E-state index contributed by atoms with van der Waals surface area (Å²) in [5.41, 5.74) is 6.65. The number of rotatable bonds is 4. The number of amides is 2. The molecule has 0 saturated carbocycles. The number of nitrogen functional groups attached to an aromatic ring is 1. The maximum absolute atomic E-state index is 12.1. The van der Waals surface area contributed by atoms with E-state index in [-0.39, 0.29) is 23.8 Å². The van der Waals surface area contributed by atoms with Gasteiger partial charge in [0, 0.05) is 12.6 Å². The molecule has 8 nitrogen and oxygen atoms in total. The van der Waals surface area contributed by atoms with Gasteiger partial charge in [-0.25, -0.2) is 9.13 Å². The Balaban J connectivity index is 2.12. The first kappa shape index (κ1) is 15.5. The number of carbonyl (C=O) groups excluding carboxylic acids is 2. The molecule has 4 N–H and O–H groups in total. The zero-order valence-corrected chi connectivity index (χ0v) is 12.4. The fraction of sp³-hybridized carbons (Fsp3) is 0.214. The van der Waals surface area contributed by atoms with Crippen LogP contribution in [0.15, 0.2) is 36.9 Å². The van der Waals surface area contributed by atoms with Crippen molar-refractivity contribution in [3.63, 3.8) is 0 Å². The molecule has 0 atom stereocenters. The predicted octanol–water partition coefficient (Wildman–Crippen LogP) is 0.276. The van der Waals surface area contributed by atoms with Crippen LogP contribution in [0.1, 0.15) is 6.92 Å². The van der Waals surface area contributed by atoms with E-state index < -0.39 is 5.91 Å². The Bertz CT molecular complexity index is 710. The van der Waals surface area contributed by atoms with Gasteiger partial charge in [0.05, 0.1) is 18.4 Å². The quantitative estimate of drug-likeness (QED) is 0.326. The first-order valence-electron chi connectivity index (χ1n) is 6.57. The standard InChI is InChI=1S/C14H17N5O3/c1-10(20)16-11-3-4-13(12(15)7-11)19(22)14(21)8-18-6-5-17(2)9-18/h3-7,9,22H,8,15H2,1-2H3/p+1. The number of carbonyl (C=O) groups is 2. The van der Waals surface area contributed by atoms with E-state index >= 15 is 0 Å². The predicted molar refractivity (Wildman–Crippen MR) is 80.0 cm³/mol. The number of hydrogen-bond donors (Lipinski definition) is 3. The second kappa shape index (κ2) is 6.27. The average Bonchev–Trinajstić information content (AvgIpc) is 2.82. The van der Waals surface area contributed by atoms with E-state index in [1.165, 1.54) is 19.1 Å². The molecule has 0 saturated heterocycles. The van der Waals surface area contributed by atoms with Crippen molar-refractivity contribution in [3.8, 4) is 0 Å². The summed E-state index contributed by atoms with van der Waals surface area (Å²) in [6.07, 6.45) is 5.22. The van der Waals surface area contributed by atoms with E-state index in [0.29, 0.717) is 10.8 Å². The Hall–Kier alpha value is -2.87. The van der Waals surface area contributed by atoms with Crippen LogP contribution in [0.2, 0.25) is 0 Å². The van der Waals surface area contributed by atoms with E-state index in [1.54, 1.807) is 33.9 Å².